The van der Waals surface area contributed by atoms with Crippen LogP contribution in [0.25, 0.3) is 20.9 Å². The summed E-state index contributed by atoms with van der Waals surface area (Å²) in [4.78, 5) is 2.46. The van der Waals surface area contributed by atoms with Crippen LogP contribution in [0.5, 0.6) is 0 Å². The molecule has 0 fully saturated rings. The smallest absolute Gasteiger partial charge is 0.129 e. The van der Waals surface area contributed by atoms with E-state index >= 15 is 0 Å². The molecule has 2 nitrogen and oxygen atoms in total. The molecule has 20 heavy (non-hydrogen) atoms. The second-order valence-corrected chi connectivity index (χ2v) is 6.47. The molecule has 0 saturated carbocycles. The average molecular weight is 317 g/mol. The first-order chi connectivity index (χ1) is 9.72. The highest BCUT2D eigenvalue weighted by molar-refractivity contribution is 7.23. The number of anilines is 1. The van der Waals surface area contributed by atoms with E-state index in [1.165, 1.54) is 11.3 Å². The van der Waals surface area contributed by atoms with Gasteiger partial charge in [-0.15, -0.1) is 22.7 Å². The van der Waals surface area contributed by atoms with E-state index < -0.39 is 0 Å². The SMILES string of the molecule is N#Cc1sc(-c2sccc2Cl)c(-c2ccccc2)c1N. The van der Waals surface area contributed by atoms with Crippen LogP contribution in [0.1, 0.15) is 4.88 Å². The van der Waals surface area contributed by atoms with E-state index in [9.17, 15) is 5.26 Å². The van der Waals surface area contributed by atoms with E-state index in [0.717, 1.165) is 20.9 Å². The lowest BCUT2D eigenvalue weighted by Gasteiger charge is -2.04. The molecule has 0 unspecified atom stereocenters. The molecule has 5 heteroatoms. The van der Waals surface area contributed by atoms with Crippen LogP contribution < -0.4 is 5.73 Å². The Labute approximate surface area is 129 Å². The summed E-state index contributed by atoms with van der Waals surface area (Å²) in [5.41, 5.74) is 8.58. The molecule has 0 aliphatic rings. The Morgan fingerprint density at radius 2 is 1.85 bits per heavy atom. The third-order valence-corrected chi connectivity index (χ3v) is 5.55. The molecule has 0 amide bonds. The van der Waals surface area contributed by atoms with Gasteiger partial charge in [-0.2, -0.15) is 5.26 Å². The maximum absolute atomic E-state index is 9.22. The molecule has 0 spiro atoms. The first kappa shape index (κ1) is 13.2. The zero-order valence-corrected chi connectivity index (χ0v) is 12.6. The quantitative estimate of drug-likeness (QED) is 0.702. The van der Waals surface area contributed by atoms with Gasteiger partial charge in [0.2, 0.25) is 0 Å². The molecular weight excluding hydrogens is 308 g/mol. The molecule has 2 heterocycles. The number of thiophene rings is 2. The number of nitrogens with zero attached hydrogens (tertiary/aromatic N) is 1. The Hall–Kier alpha value is -1.80. The van der Waals surface area contributed by atoms with Crippen molar-refractivity contribution in [2.24, 2.45) is 0 Å². The van der Waals surface area contributed by atoms with E-state index in [0.29, 0.717) is 15.6 Å². The predicted octanol–water partition coefficient (Wildman–Crippen LogP) is 5.25. The zero-order valence-electron chi connectivity index (χ0n) is 10.3. The van der Waals surface area contributed by atoms with E-state index in [-0.39, 0.29) is 0 Å². The first-order valence-electron chi connectivity index (χ1n) is 5.83. The molecule has 3 rings (SSSR count). The van der Waals surface area contributed by atoms with Crippen LogP contribution in [-0.2, 0) is 0 Å². The second kappa shape index (κ2) is 5.29. The molecule has 0 aliphatic carbocycles. The maximum Gasteiger partial charge on any atom is 0.129 e. The molecule has 0 atom stereocenters. The monoisotopic (exact) mass is 316 g/mol. The lowest BCUT2D eigenvalue weighted by atomic mass is 10.0. The first-order valence-corrected chi connectivity index (χ1v) is 7.91. The average Bonchev–Trinajstić information content (AvgIpc) is 3.03. The van der Waals surface area contributed by atoms with Crippen molar-refractivity contribution in [2.45, 2.75) is 0 Å². The van der Waals surface area contributed by atoms with Gasteiger partial charge in [-0.05, 0) is 17.0 Å². The predicted molar refractivity (Wildman–Crippen MR) is 87.2 cm³/mol. The summed E-state index contributed by atoms with van der Waals surface area (Å²) in [6.07, 6.45) is 0. The normalized spacial score (nSPS) is 10.4. The molecule has 0 aliphatic heterocycles. The number of hydrogen-bond donors (Lipinski definition) is 1. The van der Waals surface area contributed by atoms with Crippen molar-refractivity contribution in [3.8, 4) is 27.0 Å². The lowest BCUT2D eigenvalue weighted by Crippen LogP contribution is -1.88. The summed E-state index contributed by atoms with van der Waals surface area (Å²) < 4.78 is 0. The van der Waals surface area contributed by atoms with Gasteiger partial charge < -0.3 is 5.73 Å². The van der Waals surface area contributed by atoms with Gasteiger partial charge in [0.25, 0.3) is 0 Å². The van der Waals surface area contributed by atoms with Crippen LogP contribution in [0.4, 0.5) is 5.69 Å². The van der Waals surface area contributed by atoms with Gasteiger partial charge in [0, 0.05) is 5.56 Å². The number of benzene rings is 1. The van der Waals surface area contributed by atoms with Crippen LogP contribution >= 0.6 is 34.3 Å². The Morgan fingerprint density at radius 3 is 2.45 bits per heavy atom. The fraction of sp³-hybridized carbons (Fsp3) is 0. The van der Waals surface area contributed by atoms with Crippen molar-refractivity contribution < 1.29 is 0 Å². The van der Waals surface area contributed by atoms with Gasteiger partial charge in [0.05, 0.1) is 20.5 Å². The van der Waals surface area contributed by atoms with Crippen molar-refractivity contribution in [1.82, 2.24) is 0 Å². The lowest BCUT2D eigenvalue weighted by molar-refractivity contribution is 1.52. The van der Waals surface area contributed by atoms with Gasteiger partial charge in [0.1, 0.15) is 10.9 Å². The zero-order chi connectivity index (χ0) is 14.1. The fourth-order valence-electron chi connectivity index (χ4n) is 2.03. The number of nitrogens with two attached hydrogens (primary N) is 1. The minimum Gasteiger partial charge on any atom is -0.396 e. The Balaban J connectivity index is 2.31. The van der Waals surface area contributed by atoms with Gasteiger partial charge in [0.15, 0.2) is 0 Å². The molecule has 98 valence electrons. The highest BCUT2D eigenvalue weighted by Gasteiger charge is 2.20. The van der Waals surface area contributed by atoms with Crippen molar-refractivity contribution in [3.05, 3.63) is 51.7 Å². The summed E-state index contributed by atoms with van der Waals surface area (Å²) >= 11 is 9.18. The number of rotatable bonds is 2. The third-order valence-electron chi connectivity index (χ3n) is 2.93. The maximum atomic E-state index is 9.22. The van der Waals surface area contributed by atoms with Gasteiger partial charge in [-0.25, -0.2) is 0 Å². The molecule has 3 aromatic rings. The third kappa shape index (κ3) is 2.10. The molecule has 2 aromatic heterocycles. The van der Waals surface area contributed by atoms with Crippen LogP contribution in [0.3, 0.4) is 0 Å². The van der Waals surface area contributed by atoms with Crippen molar-refractivity contribution in [2.75, 3.05) is 5.73 Å². The van der Waals surface area contributed by atoms with E-state index in [2.05, 4.69) is 6.07 Å². The molecular formula is C15H9ClN2S2. The van der Waals surface area contributed by atoms with Crippen LogP contribution in [0.2, 0.25) is 5.02 Å². The Bertz CT molecular complexity index is 797. The summed E-state index contributed by atoms with van der Waals surface area (Å²) in [5.74, 6) is 0. The van der Waals surface area contributed by atoms with Crippen LogP contribution in [-0.4, -0.2) is 0 Å². The minimum atomic E-state index is 0.531. The van der Waals surface area contributed by atoms with E-state index in [4.69, 9.17) is 17.3 Å². The van der Waals surface area contributed by atoms with E-state index in [1.807, 2.05) is 41.8 Å². The topological polar surface area (TPSA) is 49.8 Å². The number of nitriles is 1. The molecule has 0 bridgehead atoms. The van der Waals surface area contributed by atoms with Gasteiger partial charge in [-0.1, -0.05) is 41.9 Å². The molecule has 2 N–H and O–H groups in total. The summed E-state index contributed by atoms with van der Waals surface area (Å²) in [6.45, 7) is 0. The number of nitrogen functional groups attached to an aromatic ring is 1. The van der Waals surface area contributed by atoms with Crippen molar-refractivity contribution in [1.29, 1.82) is 5.26 Å². The number of hydrogen-bond acceptors (Lipinski definition) is 4. The summed E-state index contributed by atoms with van der Waals surface area (Å²) in [5, 5.41) is 11.9. The molecule has 0 radical (unpaired) electrons. The minimum absolute atomic E-state index is 0.531. The standard InChI is InChI=1S/C15H9ClN2S2/c16-10-6-7-19-14(10)15-12(9-4-2-1-3-5-9)13(18)11(8-17)20-15/h1-7H,18H2. The van der Waals surface area contributed by atoms with E-state index in [1.54, 1.807) is 11.3 Å². The Kier molecular flexibility index (Phi) is 3.49. The van der Waals surface area contributed by atoms with Crippen LogP contribution in [0.15, 0.2) is 41.8 Å². The largest absolute Gasteiger partial charge is 0.396 e. The van der Waals surface area contributed by atoms with Gasteiger partial charge >= 0.3 is 0 Å². The van der Waals surface area contributed by atoms with Crippen molar-refractivity contribution in [3.63, 3.8) is 0 Å². The summed E-state index contributed by atoms with van der Waals surface area (Å²) in [6, 6.07) is 13.9. The highest BCUT2D eigenvalue weighted by Crippen LogP contribution is 2.48. The second-order valence-electron chi connectivity index (χ2n) is 4.12. The van der Waals surface area contributed by atoms with Crippen molar-refractivity contribution >= 4 is 40.0 Å². The highest BCUT2D eigenvalue weighted by atomic mass is 35.5. The number of halogens is 1. The molecule has 1 aromatic carbocycles. The summed E-state index contributed by atoms with van der Waals surface area (Å²) in [7, 11) is 0. The molecule has 0 saturated heterocycles. The fourth-order valence-corrected chi connectivity index (χ4v) is 4.45. The van der Waals surface area contributed by atoms with Gasteiger partial charge in [-0.3, -0.25) is 0 Å². The Morgan fingerprint density at radius 1 is 1.10 bits per heavy atom. The van der Waals surface area contributed by atoms with Crippen LogP contribution in [0, 0.1) is 11.3 Å².